The van der Waals surface area contributed by atoms with Crippen molar-refractivity contribution in [1.82, 2.24) is 9.88 Å². The Labute approximate surface area is 142 Å². The lowest BCUT2D eigenvalue weighted by molar-refractivity contribution is 0.346. The fraction of sp³-hybridized carbons (Fsp3) is 0.500. The van der Waals surface area contributed by atoms with Gasteiger partial charge in [-0.3, -0.25) is 4.90 Å². The number of fused-ring (bicyclic) bond motifs is 1. The fourth-order valence-electron chi connectivity index (χ4n) is 2.81. The average molecular weight is 333 g/mol. The minimum atomic E-state index is 1.12. The number of thioether (sulfide) groups is 2. The van der Waals surface area contributed by atoms with Gasteiger partial charge in [-0.2, -0.15) is 0 Å². The zero-order chi connectivity index (χ0) is 15.2. The quantitative estimate of drug-likeness (QED) is 0.534. The molecule has 22 heavy (non-hydrogen) atoms. The van der Waals surface area contributed by atoms with Crippen molar-refractivity contribution in [2.45, 2.75) is 31.2 Å². The highest BCUT2D eigenvalue weighted by Crippen LogP contribution is 2.24. The van der Waals surface area contributed by atoms with Crippen LogP contribution in [-0.4, -0.2) is 40.4 Å². The lowest BCUT2D eigenvalue weighted by atomic mass is 10.1. The first kappa shape index (κ1) is 16.2. The number of hydrogen-bond donors (Lipinski definition) is 0. The molecule has 0 radical (unpaired) electrons. The number of aromatic nitrogens is 1. The van der Waals surface area contributed by atoms with E-state index >= 15 is 0 Å². The van der Waals surface area contributed by atoms with Gasteiger partial charge in [-0.05, 0) is 49.8 Å². The van der Waals surface area contributed by atoms with E-state index in [-0.39, 0.29) is 0 Å². The van der Waals surface area contributed by atoms with Gasteiger partial charge in [0.25, 0.3) is 0 Å². The smallest absolute Gasteiger partial charge is 0.0970 e. The van der Waals surface area contributed by atoms with Crippen LogP contribution in [0.15, 0.2) is 35.4 Å². The van der Waals surface area contributed by atoms with Crippen molar-refractivity contribution in [3.63, 3.8) is 0 Å². The topological polar surface area (TPSA) is 16.1 Å². The van der Waals surface area contributed by atoms with Crippen molar-refractivity contribution < 1.29 is 0 Å². The summed E-state index contributed by atoms with van der Waals surface area (Å²) in [7, 11) is 0. The van der Waals surface area contributed by atoms with Crippen molar-refractivity contribution in [1.29, 1.82) is 0 Å². The van der Waals surface area contributed by atoms with Crippen LogP contribution < -0.4 is 0 Å². The van der Waals surface area contributed by atoms with E-state index in [0.717, 1.165) is 5.52 Å². The zero-order valence-corrected chi connectivity index (χ0v) is 14.9. The van der Waals surface area contributed by atoms with Gasteiger partial charge in [-0.25, -0.2) is 4.98 Å². The molecule has 0 saturated carbocycles. The van der Waals surface area contributed by atoms with Crippen molar-refractivity contribution >= 4 is 34.4 Å². The van der Waals surface area contributed by atoms with E-state index < -0.39 is 0 Å². The van der Waals surface area contributed by atoms with Crippen molar-refractivity contribution in [2.24, 2.45) is 0 Å². The SMILES string of the molecule is Cc1cc(SCCCCCN2CCSC2)nc2ccccc12. The predicted octanol–water partition coefficient (Wildman–Crippen LogP) is 4.81. The van der Waals surface area contributed by atoms with E-state index in [0.29, 0.717) is 0 Å². The monoisotopic (exact) mass is 332 g/mol. The molecule has 2 heterocycles. The number of rotatable bonds is 7. The molecule has 1 aromatic carbocycles. The fourth-order valence-corrected chi connectivity index (χ4v) is 4.83. The first-order valence-corrected chi connectivity index (χ1v) is 10.3. The number of nitrogens with zero attached hydrogens (tertiary/aromatic N) is 2. The van der Waals surface area contributed by atoms with E-state index in [1.54, 1.807) is 0 Å². The average Bonchev–Trinajstić information content (AvgIpc) is 3.04. The molecule has 1 aliphatic heterocycles. The minimum Gasteiger partial charge on any atom is -0.293 e. The number of unbranched alkanes of at least 4 members (excludes halogenated alkanes) is 2. The van der Waals surface area contributed by atoms with E-state index in [1.807, 2.05) is 11.8 Å². The maximum Gasteiger partial charge on any atom is 0.0970 e. The molecule has 0 aliphatic carbocycles. The maximum atomic E-state index is 4.77. The van der Waals surface area contributed by atoms with Gasteiger partial charge in [0.1, 0.15) is 0 Å². The Morgan fingerprint density at radius 2 is 2.14 bits per heavy atom. The second kappa shape index (κ2) is 8.23. The highest BCUT2D eigenvalue weighted by atomic mass is 32.2. The summed E-state index contributed by atoms with van der Waals surface area (Å²) in [6.45, 7) is 4.76. The first-order chi connectivity index (χ1) is 10.8. The molecule has 1 aliphatic rings. The van der Waals surface area contributed by atoms with Crippen LogP contribution in [0.25, 0.3) is 10.9 Å². The summed E-state index contributed by atoms with van der Waals surface area (Å²) >= 11 is 3.97. The molecule has 2 nitrogen and oxygen atoms in total. The van der Waals surface area contributed by atoms with E-state index in [4.69, 9.17) is 4.98 Å². The standard InChI is InChI=1S/C18H24N2S2/c1-15-13-18(19-17-8-4-3-7-16(15)17)22-11-6-2-5-9-20-10-12-21-14-20/h3-4,7-8,13H,2,5-6,9-12,14H2,1H3. The van der Waals surface area contributed by atoms with Crippen LogP contribution >= 0.6 is 23.5 Å². The molecule has 2 aromatic rings. The molecular formula is C18H24N2S2. The lowest BCUT2D eigenvalue weighted by Crippen LogP contribution is -2.20. The second-order valence-electron chi connectivity index (χ2n) is 5.86. The van der Waals surface area contributed by atoms with E-state index in [1.165, 1.54) is 65.7 Å². The Bertz CT molecular complexity index is 609. The summed E-state index contributed by atoms with van der Waals surface area (Å²) in [5.41, 5.74) is 2.45. The number of benzene rings is 1. The molecule has 1 fully saturated rings. The lowest BCUT2D eigenvalue weighted by Gasteiger charge is -2.12. The van der Waals surface area contributed by atoms with E-state index in [2.05, 4.69) is 53.9 Å². The minimum absolute atomic E-state index is 1.12. The predicted molar refractivity (Wildman–Crippen MR) is 100.0 cm³/mol. The zero-order valence-electron chi connectivity index (χ0n) is 13.3. The maximum absolute atomic E-state index is 4.77. The Balaban J connectivity index is 1.41. The summed E-state index contributed by atoms with van der Waals surface area (Å²) in [6.07, 6.45) is 3.96. The van der Waals surface area contributed by atoms with Gasteiger partial charge in [0, 0.05) is 23.6 Å². The summed E-state index contributed by atoms with van der Waals surface area (Å²) in [6, 6.07) is 10.7. The number of pyridine rings is 1. The molecule has 1 aromatic heterocycles. The Hall–Kier alpha value is -0.710. The highest BCUT2D eigenvalue weighted by molar-refractivity contribution is 7.99. The van der Waals surface area contributed by atoms with Crippen molar-refractivity contribution in [2.75, 3.05) is 30.5 Å². The van der Waals surface area contributed by atoms with Gasteiger partial charge in [-0.15, -0.1) is 23.5 Å². The van der Waals surface area contributed by atoms with Gasteiger partial charge >= 0.3 is 0 Å². The third-order valence-electron chi connectivity index (χ3n) is 4.09. The van der Waals surface area contributed by atoms with Crippen LogP contribution in [0.2, 0.25) is 0 Å². The molecular weight excluding hydrogens is 308 g/mol. The third-order valence-corrected chi connectivity index (χ3v) is 6.11. The van der Waals surface area contributed by atoms with Crippen LogP contribution in [0.4, 0.5) is 0 Å². The van der Waals surface area contributed by atoms with Gasteiger partial charge in [0.05, 0.1) is 10.5 Å². The Morgan fingerprint density at radius 1 is 1.23 bits per heavy atom. The second-order valence-corrected chi connectivity index (χ2v) is 8.05. The van der Waals surface area contributed by atoms with Crippen LogP contribution in [0.1, 0.15) is 24.8 Å². The number of para-hydroxylation sites is 1. The van der Waals surface area contributed by atoms with Gasteiger partial charge in [-0.1, -0.05) is 24.6 Å². The first-order valence-electron chi connectivity index (χ1n) is 8.12. The Morgan fingerprint density at radius 3 is 3.00 bits per heavy atom. The van der Waals surface area contributed by atoms with Crippen LogP contribution in [0.3, 0.4) is 0 Å². The Kier molecular flexibility index (Phi) is 6.04. The van der Waals surface area contributed by atoms with E-state index in [9.17, 15) is 0 Å². The molecule has 1 saturated heterocycles. The molecule has 118 valence electrons. The largest absolute Gasteiger partial charge is 0.293 e. The summed E-state index contributed by atoms with van der Waals surface area (Å²) in [5.74, 6) is 3.75. The molecule has 3 rings (SSSR count). The van der Waals surface area contributed by atoms with Gasteiger partial charge in [0.15, 0.2) is 0 Å². The van der Waals surface area contributed by atoms with Crippen LogP contribution in [0.5, 0.6) is 0 Å². The molecule has 4 heteroatoms. The normalized spacial score (nSPS) is 15.7. The molecule has 0 unspecified atom stereocenters. The molecule has 0 atom stereocenters. The number of aryl methyl sites for hydroxylation is 1. The van der Waals surface area contributed by atoms with Crippen LogP contribution in [-0.2, 0) is 0 Å². The highest BCUT2D eigenvalue weighted by Gasteiger charge is 2.10. The van der Waals surface area contributed by atoms with Gasteiger partial charge < -0.3 is 0 Å². The molecule has 0 spiro atoms. The van der Waals surface area contributed by atoms with Crippen molar-refractivity contribution in [3.05, 3.63) is 35.9 Å². The third kappa shape index (κ3) is 4.40. The molecule has 0 bridgehead atoms. The summed E-state index contributed by atoms with van der Waals surface area (Å²) < 4.78 is 0. The van der Waals surface area contributed by atoms with Gasteiger partial charge in [0.2, 0.25) is 0 Å². The number of hydrogen-bond acceptors (Lipinski definition) is 4. The van der Waals surface area contributed by atoms with Crippen LogP contribution in [0, 0.1) is 6.92 Å². The van der Waals surface area contributed by atoms with Crippen molar-refractivity contribution in [3.8, 4) is 0 Å². The molecule has 0 amide bonds. The summed E-state index contributed by atoms with van der Waals surface area (Å²) in [5, 5.41) is 2.45. The summed E-state index contributed by atoms with van der Waals surface area (Å²) in [4.78, 5) is 7.34. The molecule has 0 N–H and O–H groups in total.